The van der Waals surface area contributed by atoms with Crippen molar-refractivity contribution in [1.29, 1.82) is 0 Å². The van der Waals surface area contributed by atoms with Crippen molar-refractivity contribution in [3.8, 4) is 0 Å². The van der Waals surface area contributed by atoms with E-state index in [0.717, 1.165) is 12.8 Å². The Hall–Kier alpha value is -0.180. The van der Waals surface area contributed by atoms with Crippen molar-refractivity contribution in [3.63, 3.8) is 0 Å². The van der Waals surface area contributed by atoms with Gasteiger partial charge in [0.1, 0.15) is 5.60 Å². The van der Waals surface area contributed by atoms with Gasteiger partial charge in [0.2, 0.25) is 0 Å². The first-order chi connectivity index (χ1) is 6.51. The Morgan fingerprint density at radius 2 is 1.64 bits per heavy atom. The summed E-state index contributed by atoms with van der Waals surface area (Å²) in [4.78, 5) is 0. The van der Waals surface area contributed by atoms with Gasteiger partial charge in [0.15, 0.2) is 0 Å². The molecule has 2 saturated heterocycles. The van der Waals surface area contributed by atoms with Gasteiger partial charge >= 0.3 is 0 Å². The fourth-order valence-corrected chi connectivity index (χ4v) is 2.77. The number of rotatable bonds is 2. The van der Waals surface area contributed by atoms with Crippen LogP contribution in [0, 0.1) is 11.3 Å². The largest absolute Gasteiger partial charge is 0.368 e. The zero-order valence-corrected chi connectivity index (χ0v) is 8.85. The van der Waals surface area contributed by atoms with Gasteiger partial charge in [-0.25, -0.2) is 8.78 Å². The molecule has 2 bridgehead atoms. The van der Waals surface area contributed by atoms with Gasteiger partial charge in [0, 0.05) is 0 Å². The predicted octanol–water partition coefficient (Wildman–Crippen LogP) is 3.24. The highest BCUT2D eigenvalue weighted by Gasteiger charge is 2.55. The average Bonchev–Trinajstić information content (AvgIpc) is 2.20. The smallest absolute Gasteiger partial charge is 0.267 e. The second-order valence-electron chi connectivity index (χ2n) is 5.17. The Bertz CT molecular complexity index is 177. The van der Waals surface area contributed by atoms with E-state index in [0.29, 0.717) is 25.4 Å². The summed E-state index contributed by atoms with van der Waals surface area (Å²) >= 11 is 0. The maximum Gasteiger partial charge on any atom is 0.267 e. The molecule has 0 N–H and O–H groups in total. The van der Waals surface area contributed by atoms with Gasteiger partial charge in [-0.1, -0.05) is 13.8 Å². The highest BCUT2D eigenvalue weighted by molar-refractivity contribution is 5.01. The number of fused-ring (bicyclic) bond motifs is 3. The number of hydrogen-bond donors (Lipinski definition) is 0. The molecule has 0 aromatic heterocycles. The van der Waals surface area contributed by atoms with Crippen LogP contribution in [0.15, 0.2) is 0 Å². The second-order valence-corrected chi connectivity index (χ2v) is 5.17. The van der Waals surface area contributed by atoms with Crippen molar-refractivity contribution < 1.29 is 13.5 Å². The van der Waals surface area contributed by atoms with Gasteiger partial charge in [-0.15, -0.1) is 0 Å². The molecule has 3 aliphatic rings. The van der Waals surface area contributed by atoms with Crippen LogP contribution in [-0.4, -0.2) is 18.6 Å². The van der Waals surface area contributed by atoms with Crippen LogP contribution >= 0.6 is 0 Å². The molecule has 1 aliphatic carbocycles. The summed E-state index contributed by atoms with van der Waals surface area (Å²) < 4.78 is 31.0. The number of ether oxygens (including phenoxy) is 1. The van der Waals surface area contributed by atoms with Crippen molar-refractivity contribution in [1.82, 2.24) is 0 Å². The molecule has 0 spiro atoms. The van der Waals surface area contributed by atoms with E-state index >= 15 is 0 Å². The lowest BCUT2D eigenvalue weighted by Crippen LogP contribution is -2.56. The first kappa shape index (κ1) is 10.3. The molecular formula is C11H18F2O. The van der Waals surface area contributed by atoms with E-state index in [1.807, 2.05) is 0 Å². The summed E-state index contributed by atoms with van der Waals surface area (Å²) in [6.45, 7) is 4.88. The third kappa shape index (κ3) is 1.28. The maximum atomic E-state index is 12.8. The van der Waals surface area contributed by atoms with Gasteiger partial charge < -0.3 is 4.74 Å². The Morgan fingerprint density at radius 3 is 1.93 bits per heavy atom. The highest BCUT2D eigenvalue weighted by Crippen LogP contribution is 2.54. The van der Waals surface area contributed by atoms with Crippen LogP contribution in [0.2, 0.25) is 0 Å². The monoisotopic (exact) mass is 204 g/mol. The van der Waals surface area contributed by atoms with Crippen LogP contribution in [0.5, 0.6) is 0 Å². The van der Waals surface area contributed by atoms with Crippen LogP contribution in [-0.2, 0) is 4.74 Å². The zero-order valence-electron chi connectivity index (χ0n) is 8.85. The number of hydrogen-bond acceptors (Lipinski definition) is 1. The molecule has 3 rings (SSSR count). The van der Waals surface area contributed by atoms with Crippen molar-refractivity contribution in [2.45, 2.75) is 51.6 Å². The molecule has 2 aliphatic heterocycles. The molecule has 0 aromatic carbocycles. The summed E-state index contributed by atoms with van der Waals surface area (Å²) in [5.74, 6) is 0.540. The Labute approximate surface area is 83.8 Å². The molecule has 14 heavy (non-hydrogen) atoms. The predicted molar refractivity (Wildman–Crippen MR) is 50.4 cm³/mol. The standard InChI is InChI=1S/C11H18F2O/c1-8(2)10-3-5-11(6-4-10,9(12)13)14-7-10/h8-9H,3-7H2,1-2H3. The lowest BCUT2D eigenvalue weighted by atomic mass is 9.61. The van der Waals surface area contributed by atoms with E-state index in [2.05, 4.69) is 13.8 Å². The summed E-state index contributed by atoms with van der Waals surface area (Å²) in [6.07, 6.45) is 0.600. The van der Waals surface area contributed by atoms with Crippen molar-refractivity contribution in [2.24, 2.45) is 11.3 Å². The van der Waals surface area contributed by atoms with Gasteiger partial charge in [-0.05, 0) is 37.0 Å². The van der Waals surface area contributed by atoms with E-state index in [1.54, 1.807) is 0 Å². The van der Waals surface area contributed by atoms with Crippen LogP contribution in [0.25, 0.3) is 0 Å². The first-order valence-corrected chi connectivity index (χ1v) is 5.43. The molecule has 1 saturated carbocycles. The van der Waals surface area contributed by atoms with E-state index in [4.69, 9.17) is 4.74 Å². The molecule has 82 valence electrons. The van der Waals surface area contributed by atoms with Crippen LogP contribution in [0.4, 0.5) is 8.78 Å². The molecule has 0 amide bonds. The van der Waals surface area contributed by atoms with Gasteiger partial charge in [0.05, 0.1) is 6.61 Å². The maximum absolute atomic E-state index is 12.8. The Morgan fingerprint density at radius 1 is 1.07 bits per heavy atom. The second kappa shape index (κ2) is 3.16. The third-order valence-corrected chi connectivity index (χ3v) is 4.36. The minimum absolute atomic E-state index is 0.191. The van der Waals surface area contributed by atoms with Gasteiger partial charge in [-0.2, -0.15) is 0 Å². The fraction of sp³-hybridized carbons (Fsp3) is 1.00. The molecule has 3 heteroatoms. The summed E-state index contributed by atoms with van der Waals surface area (Å²) in [7, 11) is 0. The minimum Gasteiger partial charge on any atom is -0.368 e. The van der Waals surface area contributed by atoms with Crippen LogP contribution in [0.3, 0.4) is 0 Å². The molecule has 0 aromatic rings. The molecular weight excluding hydrogens is 186 g/mol. The van der Waals surface area contributed by atoms with E-state index in [1.165, 1.54) is 0 Å². The van der Waals surface area contributed by atoms with Crippen LogP contribution < -0.4 is 0 Å². The van der Waals surface area contributed by atoms with Gasteiger partial charge in [-0.3, -0.25) is 0 Å². The molecule has 0 atom stereocenters. The fourth-order valence-electron chi connectivity index (χ4n) is 2.77. The highest BCUT2D eigenvalue weighted by atomic mass is 19.3. The lowest BCUT2D eigenvalue weighted by Gasteiger charge is -2.54. The topological polar surface area (TPSA) is 9.23 Å². The summed E-state index contributed by atoms with van der Waals surface area (Å²) in [6, 6.07) is 0. The van der Waals surface area contributed by atoms with Gasteiger partial charge in [0.25, 0.3) is 6.43 Å². The lowest BCUT2D eigenvalue weighted by molar-refractivity contribution is -0.244. The molecule has 3 fully saturated rings. The Kier molecular flexibility index (Phi) is 2.33. The van der Waals surface area contributed by atoms with Crippen molar-refractivity contribution in [3.05, 3.63) is 0 Å². The zero-order chi connectivity index (χ0) is 10.4. The quantitative estimate of drug-likeness (QED) is 0.671. The normalized spacial score (nSPS) is 42.4. The Balaban J connectivity index is 2.13. The molecule has 2 heterocycles. The van der Waals surface area contributed by atoms with Crippen LogP contribution in [0.1, 0.15) is 39.5 Å². The molecule has 1 nitrogen and oxygen atoms in total. The third-order valence-electron chi connectivity index (χ3n) is 4.36. The summed E-state index contributed by atoms with van der Waals surface area (Å²) in [5.41, 5.74) is -0.896. The van der Waals surface area contributed by atoms with Crippen molar-refractivity contribution >= 4 is 0 Å². The first-order valence-electron chi connectivity index (χ1n) is 5.43. The summed E-state index contributed by atoms with van der Waals surface area (Å²) in [5, 5.41) is 0. The SMILES string of the molecule is CC(C)C12CCC(C(F)F)(CC1)OC2. The number of alkyl halides is 2. The van der Waals surface area contributed by atoms with E-state index in [-0.39, 0.29) is 5.41 Å². The average molecular weight is 204 g/mol. The van der Waals surface area contributed by atoms with E-state index < -0.39 is 12.0 Å². The minimum atomic E-state index is -2.31. The molecule has 0 unspecified atom stereocenters. The molecule has 0 radical (unpaired) electrons. The van der Waals surface area contributed by atoms with E-state index in [9.17, 15) is 8.78 Å². The van der Waals surface area contributed by atoms with Crippen molar-refractivity contribution in [2.75, 3.05) is 6.61 Å². The number of halogens is 2.